The summed E-state index contributed by atoms with van der Waals surface area (Å²) in [5.74, 6) is 0. The quantitative estimate of drug-likeness (QED) is 0.827. The zero-order chi connectivity index (χ0) is 13.0. The number of ether oxygens (including phenoxy) is 1. The van der Waals surface area contributed by atoms with Crippen LogP contribution in [0.15, 0.2) is 30.3 Å². The molecule has 1 fully saturated rings. The summed E-state index contributed by atoms with van der Waals surface area (Å²) in [6.07, 6.45) is -5.13. The molecule has 1 unspecified atom stereocenters. The van der Waals surface area contributed by atoms with Gasteiger partial charge in [0.05, 0.1) is 6.61 Å². The maximum absolute atomic E-state index is 12.5. The van der Waals surface area contributed by atoms with E-state index in [0.29, 0.717) is 13.1 Å². The van der Waals surface area contributed by atoms with Crippen LogP contribution in [-0.4, -0.2) is 43.4 Å². The molecule has 0 amide bonds. The minimum absolute atomic E-state index is 0.0592. The second-order valence-corrected chi connectivity index (χ2v) is 4.44. The molecule has 0 radical (unpaired) electrons. The molecule has 5 heteroatoms. The van der Waals surface area contributed by atoms with E-state index in [1.807, 2.05) is 35.2 Å². The van der Waals surface area contributed by atoms with Crippen LogP contribution in [0.25, 0.3) is 0 Å². The lowest BCUT2D eigenvalue weighted by Gasteiger charge is -2.33. The molecule has 1 aliphatic rings. The minimum Gasteiger partial charge on any atom is -0.366 e. The molecule has 0 aromatic heterocycles. The number of alkyl halides is 3. The van der Waals surface area contributed by atoms with Gasteiger partial charge in [0.2, 0.25) is 0 Å². The molecule has 0 bridgehead atoms. The standard InChI is InChI=1S/C13H16F3NO/c14-13(15,16)12-10-17(8-9-18-12)7-6-11-4-2-1-3-5-11/h1-5,12H,6-10H2. The van der Waals surface area contributed by atoms with Crippen LogP contribution < -0.4 is 0 Å². The SMILES string of the molecule is FC(F)(F)C1CN(CCc2ccccc2)CCO1. The topological polar surface area (TPSA) is 12.5 Å². The summed E-state index contributed by atoms with van der Waals surface area (Å²) in [7, 11) is 0. The average Bonchev–Trinajstić information content (AvgIpc) is 2.37. The van der Waals surface area contributed by atoms with E-state index < -0.39 is 12.3 Å². The molecule has 1 aromatic carbocycles. The zero-order valence-electron chi connectivity index (χ0n) is 9.99. The average molecular weight is 259 g/mol. The fraction of sp³-hybridized carbons (Fsp3) is 0.538. The summed E-state index contributed by atoms with van der Waals surface area (Å²) >= 11 is 0. The van der Waals surface area contributed by atoms with Gasteiger partial charge in [-0.1, -0.05) is 30.3 Å². The molecule has 1 aliphatic heterocycles. The molecule has 100 valence electrons. The van der Waals surface area contributed by atoms with E-state index in [9.17, 15) is 13.2 Å². The van der Waals surface area contributed by atoms with Crippen LogP contribution in [0, 0.1) is 0 Å². The van der Waals surface area contributed by atoms with Crippen molar-refractivity contribution in [3.8, 4) is 0 Å². The van der Waals surface area contributed by atoms with Gasteiger partial charge in [-0.15, -0.1) is 0 Å². The highest BCUT2D eigenvalue weighted by Gasteiger charge is 2.43. The smallest absolute Gasteiger partial charge is 0.366 e. The Morgan fingerprint density at radius 3 is 2.61 bits per heavy atom. The summed E-state index contributed by atoms with van der Waals surface area (Å²) in [5, 5.41) is 0. The number of nitrogens with zero attached hydrogens (tertiary/aromatic N) is 1. The Morgan fingerprint density at radius 1 is 1.22 bits per heavy atom. The first kappa shape index (κ1) is 13.4. The highest BCUT2D eigenvalue weighted by molar-refractivity contribution is 5.14. The van der Waals surface area contributed by atoms with Crippen molar-refractivity contribution in [2.75, 3.05) is 26.2 Å². The third-order valence-electron chi connectivity index (χ3n) is 3.08. The summed E-state index contributed by atoms with van der Waals surface area (Å²) in [4.78, 5) is 1.81. The van der Waals surface area contributed by atoms with E-state index in [4.69, 9.17) is 4.74 Å². The number of rotatable bonds is 3. The van der Waals surface area contributed by atoms with E-state index in [1.54, 1.807) is 0 Å². The van der Waals surface area contributed by atoms with Gasteiger partial charge in [-0.3, -0.25) is 4.90 Å². The summed E-state index contributed by atoms with van der Waals surface area (Å²) < 4.78 is 42.3. The second kappa shape index (κ2) is 5.71. The lowest BCUT2D eigenvalue weighted by atomic mass is 10.1. The Labute approximate surface area is 104 Å². The van der Waals surface area contributed by atoms with Crippen LogP contribution in [-0.2, 0) is 11.2 Å². The van der Waals surface area contributed by atoms with Crippen molar-refractivity contribution in [2.24, 2.45) is 0 Å². The molecule has 0 saturated carbocycles. The van der Waals surface area contributed by atoms with Crippen LogP contribution >= 0.6 is 0 Å². The largest absolute Gasteiger partial charge is 0.415 e. The van der Waals surface area contributed by atoms with Crippen molar-refractivity contribution in [3.05, 3.63) is 35.9 Å². The lowest BCUT2D eigenvalue weighted by Crippen LogP contribution is -2.49. The van der Waals surface area contributed by atoms with Crippen molar-refractivity contribution in [1.29, 1.82) is 0 Å². The maximum atomic E-state index is 12.5. The van der Waals surface area contributed by atoms with E-state index in [0.717, 1.165) is 12.0 Å². The highest BCUT2D eigenvalue weighted by atomic mass is 19.4. The van der Waals surface area contributed by atoms with Crippen LogP contribution in [0.3, 0.4) is 0 Å². The van der Waals surface area contributed by atoms with E-state index >= 15 is 0 Å². The van der Waals surface area contributed by atoms with Crippen LogP contribution in [0.5, 0.6) is 0 Å². The Bertz CT molecular complexity index is 366. The number of benzene rings is 1. The molecular formula is C13H16F3NO. The van der Waals surface area contributed by atoms with Gasteiger partial charge in [-0.2, -0.15) is 13.2 Å². The predicted octanol–water partition coefficient (Wildman–Crippen LogP) is 2.49. The summed E-state index contributed by atoms with van der Waals surface area (Å²) in [5.41, 5.74) is 1.15. The zero-order valence-corrected chi connectivity index (χ0v) is 9.99. The van der Waals surface area contributed by atoms with Gasteiger partial charge in [0.25, 0.3) is 0 Å². The fourth-order valence-electron chi connectivity index (χ4n) is 2.04. The van der Waals surface area contributed by atoms with Gasteiger partial charge in [0, 0.05) is 19.6 Å². The monoisotopic (exact) mass is 259 g/mol. The minimum atomic E-state index is -4.26. The Balaban J connectivity index is 1.83. The molecule has 1 heterocycles. The summed E-state index contributed by atoms with van der Waals surface area (Å²) in [6, 6.07) is 9.78. The van der Waals surface area contributed by atoms with Crippen LogP contribution in [0.4, 0.5) is 13.2 Å². The molecule has 0 aliphatic carbocycles. The normalized spacial score (nSPS) is 22.1. The van der Waals surface area contributed by atoms with E-state index in [2.05, 4.69) is 0 Å². The van der Waals surface area contributed by atoms with Crippen molar-refractivity contribution in [3.63, 3.8) is 0 Å². The first-order valence-electron chi connectivity index (χ1n) is 6.00. The van der Waals surface area contributed by atoms with Crippen molar-refractivity contribution < 1.29 is 17.9 Å². The van der Waals surface area contributed by atoms with Crippen LogP contribution in [0.1, 0.15) is 5.56 Å². The van der Waals surface area contributed by atoms with Gasteiger partial charge in [0.1, 0.15) is 0 Å². The molecule has 1 atom stereocenters. The highest BCUT2D eigenvalue weighted by Crippen LogP contribution is 2.25. The number of hydrogen-bond donors (Lipinski definition) is 0. The molecule has 0 N–H and O–H groups in total. The number of hydrogen-bond acceptors (Lipinski definition) is 2. The van der Waals surface area contributed by atoms with E-state index in [-0.39, 0.29) is 13.2 Å². The van der Waals surface area contributed by atoms with Crippen molar-refractivity contribution >= 4 is 0 Å². The molecular weight excluding hydrogens is 243 g/mol. The van der Waals surface area contributed by atoms with Gasteiger partial charge >= 0.3 is 6.18 Å². The number of morpholine rings is 1. The third kappa shape index (κ3) is 3.71. The first-order chi connectivity index (χ1) is 8.55. The molecule has 1 saturated heterocycles. The first-order valence-corrected chi connectivity index (χ1v) is 6.00. The van der Waals surface area contributed by atoms with Gasteiger partial charge in [-0.25, -0.2) is 0 Å². The van der Waals surface area contributed by atoms with Crippen molar-refractivity contribution in [1.82, 2.24) is 4.90 Å². The Morgan fingerprint density at radius 2 is 1.94 bits per heavy atom. The number of halogens is 3. The lowest BCUT2D eigenvalue weighted by molar-refractivity contribution is -0.237. The Hall–Kier alpha value is -1.07. The van der Waals surface area contributed by atoms with Crippen molar-refractivity contribution in [2.45, 2.75) is 18.7 Å². The van der Waals surface area contributed by atoms with Gasteiger partial charge < -0.3 is 4.74 Å². The van der Waals surface area contributed by atoms with Gasteiger partial charge in [-0.05, 0) is 12.0 Å². The predicted molar refractivity (Wildman–Crippen MR) is 62.4 cm³/mol. The van der Waals surface area contributed by atoms with Gasteiger partial charge in [0.15, 0.2) is 6.10 Å². The Kier molecular flexibility index (Phi) is 4.24. The third-order valence-corrected chi connectivity index (χ3v) is 3.08. The van der Waals surface area contributed by atoms with Crippen LogP contribution in [0.2, 0.25) is 0 Å². The maximum Gasteiger partial charge on any atom is 0.415 e. The second-order valence-electron chi connectivity index (χ2n) is 4.44. The molecule has 0 spiro atoms. The molecule has 2 rings (SSSR count). The summed E-state index contributed by atoms with van der Waals surface area (Å²) in [6.45, 7) is 1.30. The molecule has 2 nitrogen and oxygen atoms in total. The van der Waals surface area contributed by atoms with E-state index in [1.165, 1.54) is 0 Å². The fourth-order valence-corrected chi connectivity index (χ4v) is 2.04. The molecule has 1 aromatic rings. The molecule has 18 heavy (non-hydrogen) atoms.